The van der Waals surface area contributed by atoms with Crippen molar-refractivity contribution in [3.8, 4) is 0 Å². The Hall–Kier alpha value is -3.56. The molecule has 0 bridgehead atoms. The monoisotopic (exact) mass is 470 g/mol. The molecule has 0 unspecified atom stereocenters. The number of fused-ring (bicyclic) bond motifs is 2. The summed E-state index contributed by atoms with van der Waals surface area (Å²) in [4.78, 5) is 21.2. The van der Waals surface area contributed by atoms with Crippen LogP contribution in [-0.4, -0.2) is 36.9 Å². The first-order valence-corrected chi connectivity index (χ1v) is 11.3. The summed E-state index contributed by atoms with van der Waals surface area (Å²) in [5.74, 6) is 1.28. The normalized spacial score (nSPS) is 19.0. The maximum absolute atomic E-state index is 13.1. The third-order valence-corrected chi connectivity index (χ3v) is 6.58. The highest BCUT2D eigenvalue weighted by atomic mass is 19.4. The second-order valence-electron chi connectivity index (χ2n) is 8.82. The van der Waals surface area contributed by atoms with Crippen molar-refractivity contribution in [1.82, 2.24) is 24.3 Å². The Balaban J connectivity index is 1.23. The standard InChI is InChI=1S/C24H25F3N6O/c1-14-28-22-17(5-3-6-18(22)32(14)2)23(34)30-16-11-9-15(10-12-16)29-20-7-4-8-21-31-19(13-33(20)21)24(25,26)27/h3-8,13,15-16,29H,9-12H2,1-2H3,(H,30,34)/t15-,16+. The molecule has 2 N–H and O–H groups in total. The number of imidazole rings is 2. The number of rotatable bonds is 4. The number of anilines is 1. The number of alkyl halides is 3. The first kappa shape index (κ1) is 22.2. The van der Waals surface area contributed by atoms with Crippen LogP contribution in [0.2, 0.25) is 0 Å². The smallest absolute Gasteiger partial charge is 0.368 e. The number of amides is 1. The number of nitrogens with zero attached hydrogens (tertiary/aromatic N) is 4. The lowest BCUT2D eigenvalue weighted by molar-refractivity contribution is -0.140. The van der Waals surface area contributed by atoms with Crippen LogP contribution in [0.15, 0.2) is 42.6 Å². The molecule has 0 radical (unpaired) electrons. The Morgan fingerprint density at radius 1 is 1.03 bits per heavy atom. The maximum atomic E-state index is 13.1. The van der Waals surface area contributed by atoms with Crippen molar-refractivity contribution in [3.63, 3.8) is 0 Å². The predicted molar refractivity (Wildman–Crippen MR) is 123 cm³/mol. The number of carbonyl (C=O) groups is 1. The van der Waals surface area contributed by atoms with Gasteiger partial charge in [0.05, 0.1) is 11.1 Å². The minimum Gasteiger partial charge on any atom is -0.368 e. The van der Waals surface area contributed by atoms with Crippen molar-refractivity contribution in [1.29, 1.82) is 0 Å². The average Bonchev–Trinajstić information content (AvgIpc) is 3.37. The molecule has 0 atom stereocenters. The zero-order valence-corrected chi connectivity index (χ0v) is 18.9. The number of nitrogens with one attached hydrogen (secondary N) is 2. The Morgan fingerprint density at radius 2 is 1.74 bits per heavy atom. The predicted octanol–water partition coefficient (Wildman–Crippen LogP) is 4.70. The molecule has 5 rings (SSSR count). The van der Waals surface area contributed by atoms with Crippen LogP contribution in [0.1, 0.15) is 47.6 Å². The molecule has 1 aliphatic rings. The number of hydrogen-bond acceptors (Lipinski definition) is 4. The Morgan fingerprint density at radius 3 is 2.47 bits per heavy atom. The molecular weight excluding hydrogens is 445 g/mol. The van der Waals surface area contributed by atoms with Crippen LogP contribution in [0.25, 0.3) is 16.7 Å². The molecule has 0 spiro atoms. The molecule has 10 heteroatoms. The second-order valence-corrected chi connectivity index (χ2v) is 8.82. The minimum atomic E-state index is -4.49. The van der Waals surface area contributed by atoms with Crippen LogP contribution in [0.5, 0.6) is 0 Å². The van der Waals surface area contributed by atoms with Gasteiger partial charge in [0.1, 0.15) is 22.8 Å². The van der Waals surface area contributed by atoms with Crippen LogP contribution in [0, 0.1) is 6.92 Å². The zero-order chi connectivity index (χ0) is 24.0. The molecule has 3 heterocycles. The molecule has 0 aliphatic heterocycles. The van der Waals surface area contributed by atoms with E-state index in [-0.39, 0.29) is 23.6 Å². The van der Waals surface area contributed by atoms with Crippen molar-refractivity contribution < 1.29 is 18.0 Å². The molecule has 1 aromatic carbocycles. The van der Waals surface area contributed by atoms with E-state index >= 15 is 0 Å². The number of pyridine rings is 1. The first-order chi connectivity index (χ1) is 16.2. The van der Waals surface area contributed by atoms with Gasteiger partial charge >= 0.3 is 6.18 Å². The molecule has 1 fully saturated rings. The lowest BCUT2D eigenvalue weighted by Gasteiger charge is -2.30. The van der Waals surface area contributed by atoms with Gasteiger partial charge in [-0.25, -0.2) is 9.97 Å². The third-order valence-electron chi connectivity index (χ3n) is 6.58. The SMILES string of the molecule is Cc1nc2c(C(=O)N[C@H]3CC[C@@H](Nc4cccc5nc(C(F)(F)F)cn45)CC3)cccc2n1C. The number of para-hydroxylation sites is 1. The van der Waals surface area contributed by atoms with Crippen LogP contribution in [0.4, 0.5) is 19.0 Å². The van der Waals surface area contributed by atoms with Gasteiger partial charge in [0, 0.05) is 25.3 Å². The average molecular weight is 470 g/mol. The highest BCUT2D eigenvalue weighted by Crippen LogP contribution is 2.30. The summed E-state index contributed by atoms with van der Waals surface area (Å²) in [6.07, 6.45) is -0.353. The maximum Gasteiger partial charge on any atom is 0.434 e. The summed E-state index contributed by atoms with van der Waals surface area (Å²) < 4.78 is 42.6. The van der Waals surface area contributed by atoms with Gasteiger partial charge in [-0.05, 0) is 56.9 Å². The fourth-order valence-corrected chi connectivity index (χ4v) is 4.63. The quantitative estimate of drug-likeness (QED) is 0.453. The molecule has 34 heavy (non-hydrogen) atoms. The molecule has 1 aliphatic carbocycles. The van der Waals surface area contributed by atoms with Gasteiger partial charge in [0.15, 0.2) is 5.69 Å². The van der Waals surface area contributed by atoms with Crippen molar-refractivity contribution >= 4 is 28.4 Å². The van der Waals surface area contributed by atoms with E-state index in [2.05, 4.69) is 20.6 Å². The number of aromatic nitrogens is 4. The summed E-state index contributed by atoms with van der Waals surface area (Å²) in [6.45, 7) is 1.91. The van der Waals surface area contributed by atoms with Gasteiger partial charge < -0.3 is 15.2 Å². The highest BCUT2D eigenvalue weighted by molar-refractivity contribution is 6.05. The topological polar surface area (TPSA) is 76.2 Å². The minimum absolute atomic E-state index is 0.0338. The fraction of sp³-hybridized carbons (Fsp3) is 0.375. The fourth-order valence-electron chi connectivity index (χ4n) is 4.63. The van der Waals surface area contributed by atoms with E-state index < -0.39 is 11.9 Å². The van der Waals surface area contributed by atoms with Crippen molar-refractivity contribution in [2.75, 3.05) is 5.32 Å². The van der Waals surface area contributed by atoms with Gasteiger partial charge in [-0.15, -0.1) is 0 Å². The third kappa shape index (κ3) is 4.08. The molecule has 178 valence electrons. The van der Waals surface area contributed by atoms with Crippen LogP contribution in [-0.2, 0) is 13.2 Å². The van der Waals surface area contributed by atoms with E-state index in [9.17, 15) is 18.0 Å². The van der Waals surface area contributed by atoms with Gasteiger partial charge in [0.25, 0.3) is 5.91 Å². The Kier molecular flexibility index (Phi) is 5.45. The van der Waals surface area contributed by atoms with Gasteiger partial charge in [0.2, 0.25) is 0 Å². The van der Waals surface area contributed by atoms with Crippen LogP contribution < -0.4 is 10.6 Å². The highest BCUT2D eigenvalue weighted by Gasteiger charge is 2.34. The van der Waals surface area contributed by atoms with Crippen LogP contribution >= 0.6 is 0 Å². The van der Waals surface area contributed by atoms with E-state index in [0.29, 0.717) is 16.9 Å². The van der Waals surface area contributed by atoms with Gasteiger partial charge in [-0.2, -0.15) is 13.2 Å². The van der Waals surface area contributed by atoms with E-state index in [1.807, 2.05) is 30.7 Å². The molecule has 1 amide bonds. The number of hydrogen-bond donors (Lipinski definition) is 2. The van der Waals surface area contributed by atoms with Crippen molar-refractivity contribution in [3.05, 3.63) is 59.7 Å². The summed E-state index contributed by atoms with van der Waals surface area (Å²) in [5, 5.41) is 6.49. The lowest BCUT2D eigenvalue weighted by atomic mass is 9.91. The summed E-state index contributed by atoms with van der Waals surface area (Å²) in [6, 6.07) is 10.7. The lowest BCUT2D eigenvalue weighted by Crippen LogP contribution is -2.40. The molecule has 7 nitrogen and oxygen atoms in total. The Labute approximate surface area is 194 Å². The molecule has 3 aromatic heterocycles. The van der Waals surface area contributed by atoms with E-state index in [1.54, 1.807) is 24.3 Å². The molecular formula is C24H25F3N6O. The number of halogens is 3. The van der Waals surface area contributed by atoms with E-state index in [1.165, 1.54) is 4.40 Å². The van der Waals surface area contributed by atoms with Crippen LogP contribution in [0.3, 0.4) is 0 Å². The second kappa shape index (κ2) is 8.34. The summed E-state index contributed by atoms with van der Waals surface area (Å²) in [7, 11) is 1.93. The molecule has 4 aromatic rings. The van der Waals surface area contributed by atoms with Crippen molar-refractivity contribution in [2.45, 2.75) is 50.9 Å². The largest absolute Gasteiger partial charge is 0.434 e. The van der Waals surface area contributed by atoms with Crippen molar-refractivity contribution in [2.24, 2.45) is 7.05 Å². The zero-order valence-electron chi connectivity index (χ0n) is 18.9. The number of carbonyl (C=O) groups excluding carboxylic acids is 1. The van der Waals surface area contributed by atoms with E-state index in [4.69, 9.17) is 0 Å². The van der Waals surface area contributed by atoms with Gasteiger partial charge in [-0.3, -0.25) is 9.20 Å². The number of aryl methyl sites for hydroxylation is 2. The summed E-state index contributed by atoms with van der Waals surface area (Å²) in [5.41, 5.74) is 1.51. The number of benzene rings is 1. The first-order valence-electron chi connectivity index (χ1n) is 11.3. The van der Waals surface area contributed by atoms with E-state index in [0.717, 1.165) is 43.2 Å². The Bertz CT molecular complexity index is 1360. The summed E-state index contributed by atoms with van der Waals surface area (Å²) >= 11 is 0. The molecule has 0 saturated heterocycles. The van der Waals surface area contributed by atoms with Gasteiger partial charge in [-0.1, -0.05) is 12.1 Å². The molecule has 1 saturated carbocycles.